The number of Topliss-reactive ketones (excluding diaryl/α,β-unsaturated/α-hetero) is 4. The summed E-state index contributed by atoms with van der Waals surface area (Å²) in [6, 6.07) is 6.10. The summed E-state index contributed by atoms with van der Waals surface area (Å²) in [5.41, 5.74) is 3.14. The van der Waals surface area contributed by atoms with E-state index in [0.29, 0.717) is 24.0 Å². The molecule has 0 aromatic heterocycles. The van der Waals surface area contributed by atoms with Crippen LogP contribution in [0.2, 0.25) is 0 Å². The van der Waals surface area contributed by atoms with Gasteiger partial charge < -0.3 is 0 Å². The molecule has 1 aromatic carbocycles. The molecule has 4 rings (SSSR count). The Bertz CT molecular complexity index is 1010. The number of fused-ring (bicyclic) bond motifs is 1. The van der Waals surface area contributed by atoms with E-state index in [0.717, 1.165) is 67.6 Å². The topological polar surface area (TPSA) is 68.3 Å². The van der Waals surface area contributed by atoms with Gasteiger partial charge in [-0.05, 0) is 81.8 Å². The van der Waals surface area contributed by atoms with E-state index in [-0.39, 0.29) is 35.6 Å². The Morgan fingerprint density at radius 1 is 0.822 bits per heavy atom. The quantitative estimate of drug-likeness (QED) is 0.230. The smallest absolute Gasteiger partial charge is 0.163 e. The van der Waals surface area contributed by atoms with Crippen molar-refractivity contribution in [2.45, 2.75) is 171 Å². The average Bonchev–Trinajstić information content (AvgIpc) is 3.53. The molecule has 3 unspecified atom stereocenters. The molecule has 256 valence electrons. The Morgan fingerprint density at radius 2 is 1.42 bits per heavy atom. The van der Waals surface area contributed by atoms with Crippen molar-refractivity contribution in [1.29, 1.82) is 0 Å². The first-order valence-corrected chi connectivity index (χ1v) is 18.7. The Morgan fingerprint density at radius 3 is 1.89 bits per heavy atom. The number of benzene rings is 1. The van der Waals surface area contributed by atoms with Crippen LogP contribution >= 0.6 is 0 Å². The molecule has 0 bridgehead atoms. The Balaban J connectivity index is 0.000000428. The van der Waals surface area contributed by atoms with Gasteiger partial charge in [-0.25, -0.2) is 0 Å². The molecule has 3 aliphatic carbocycles. The molecule has 4 heteroatoms. The standard InChI is InChI=1S/C23H32O3.C8H14O.C7H14.C3H8/c1-5-8-18(20(6-2)21(25)11-16(4)24)12-17-13-19-10-7-9-15(3)23(19)22(26)14-17;1-7(9)8-5-3-2-4-6-8;1-2-7-5-3-4-6-7;1-3-2/h7,9-10,17-18,20H,5-6,8,11-14H2,1-4H3;8H,2-6H2,1H3;7H,2-6H2,1H3;3H2,1-2H3. The molecule has 0 saturated heterocycles. The Labute approximate surface area is 277 Å². The third kappa shape index (κ3) is 15.4. The molecule has 0 amide bonds. The normalized spacial score (nSPS) is 19.4. The lowest BCUT2D eigenvalue weighted by Crippen LogP contribution is -2.29. The maximum absolute atomic E-state index is 12.7. The van der Waals surface area contributed by atoms with Gasteiger partial charge in [-0.3, -0.25) is 19.2 Å². The van der Waals surface area contributed by atoms with E-state index in [2.05, 4.69) is 33.8 Å². The summed E-state index contributed by atoms with van der Waals surface area (Å²) in [5, 5.41) is 0. The van der Waals surface area contributed by atoms with Crippen molar-refractivity contribution in [2.24, 2.45) is 29.6 Å². The largest absolute Gasteiger partial charge is 0.300 e. The molecule has 0 radical (unpaired) electrons. The van der Waals surface area contributed by atoms with Crippen LogP contribution in [0.25, 0.3) is 0 Å². The lowest BCUT2D eigenvalue weighted by Gasteiger charge is -2.31. The van der Waals surface area contributed by atoms with Crippen LogP contribution in [0.5, 0.6) is 0 Å². The van der Waals surface area contributed by atoms with Crippen molar-refractivity contribution >= 4 is 23.1 Å². The zero-order valence-electron chi connectivity index (χ0n) is 30.5. The van der Waals surface area contributed by atoms with E-state index in [9.17, 15) is 19.2 Å². The molecule has 0 heterocycles. The third-order valence-electron chi connectivity index (χ3n) is 9.99. The van der Waals surface area contributed by atoms with Crippen LogP contribution < -0.4 is 0 Å². The second-order valence-electron chi connectivity index (χ2n) is 14.2. The maximum Gasteiger partial charge on any atom is 0.163 e. The minimum Gasteiger partial charge on any atom is -0.300 e. The van der Waals surface area contributed by atoms with Gasteiger partial charge in [-0.1, -0.05) is 123 Å². The lowest BCUT2D eigenvalue weighted by molar-refractivity contribution is -0.130. The number of rotatable bonds is 11. The molecule has 0 aliphatic heterocycles. The van der Waals surface area contributed by atoms with E-state index in [1.54, 1.807) is 6.92 Å². The summed E-state index contributed by atoms with van der Waals surface area (Å²) in [6.45, 7) is 15.9. The molecule has 0 N–H and O–H groups in total. The zero-order chi connectivity index (χ0) is 33.8. The van der Waals surface area contributed by atoms with Crippen molar-refractivity contribution in [3.8, 4) is 0 Å². The third-order valence-corrected chi connectivity index (χ3v) is 9.99. The van der Waals surface area contributed by atoms with Gasteiger partial charge in [-0.15, -0.1) is 0 Å². The van der Waals surface area contributed by atoms with Gasteiger partial charge >= 0.3 is 0 Å². The van der Waals surface area contributed by atoms with Gasteiger partial charge in [-0.2, -0.15) is 0 Å². The van der Waals surface area contributed by atoms with Gasteiger partial charge in [0.1, 0.15) is 17.3 Å². The van der Waals surface area contributed by atoms with Crippen LogP contribution in [-0.2, 0) is 20.8 Å². The van der Waals surface area contributed by atoms with Gasteiger partial charge in [0.2, 0.25) is 0 Å². The number of carbonyl (C=O) groups excluding carboxylic acids is 4. The fourth-order valence-electron chi connectivity index (χ4n) is 7.62. The maximum atomic E-state index is 12.7. The Hall–Kier alpha value is -2.10. The molecule has 3 aliphatic rings. The van der Waals surface area contributed by atoms with E-state index in [1.807, 2.05) is 26.0 Å². The van der Waals surface area contributed by atoms with Crippen molar-refractivity contribution in [1.82, 2.24) is 0 Å². The van der Waals surface area contributed by atoms with Crippen LogP contribution in [0, 0.1) is 36.5 Å². The summed E-state index contributed by atoms with van der Waals surface area (Å²) in [6.07, 6.45) is 20.1. The molecular weight excluding hydrogens is 556 g/mol. The minimum absolute atomic E-state index is 0.0460. The van der Waals surface area contributed by atoms with E-state index < -0.39 is 0 Å². The molecule has 2 fully saturated rings. The highest BCUT2D eigenvalue weighted by atomic mass is 16.1. The summed E-state index contributed by atoms with van der Waals surface area (Å²) in [5.74, 6) is 2.68. The van der Waals surface area contributed by atoms with Gasteiger partial charge in [0.25, 0.3) is 0 Å². The van der Waals surface area contributed by atoms with Crippen molar-refractivity contribution < 1.29 is 19.2 Å². The fraction of sp³-hybridized carbons (Fsp3) is 0.756. The number of hydrogen-bond acceptors (Lipinski definition) is 4. The van der Waals surface area contributed by atoms with Gasteiger partial charge in [0.15, 0.2) is 5.78 Å². The molecular formula is C41H68O4. The highest BCUT2D eigenvalue weighted by molar-refractivity contribution is 6.00. The van der Waals surface area contributed by atoms with E-state index in [1.165, 1.54) is 64.7 Å². The van der Waals surface area contributed by atoms with Crippen LogP contribution in [0.1, 0.15) is 179 Å². The van der Waals surface area contributed by atoms with Gasteiger partial charge in [0, 0.05) is 23.8 Å². The first-order chi connectivity index (χ1) is 21.5. The summed E-state index contributed by atoms with van der Waals surface area (Å²) in [4.78, 5) is 47.4. The molecule has 45 heavy (non-hydrogen) atoms. The van der Waals surface area contributed by atoms with E-state index in [4.69, 9.17) is 0 Å². The molecule has 3 atom stereocenters. The summed E-state index contributed by atoms with van der Waals surface area (Å²) in [7, 11) is 0. The first kappa shape index (κ1) is 40.9. The molecule has 2 saturated carbocycles. The van der Waals surface area contributed by atoms with Crippen molar-refractivity contribution in [3.05, 3.63) is 34.9 Å². The van der Waals surface area contributed by atoms with Crippen LogP contribution in [-0.4, -0.2) is 23.1 Å². The number of carbonyl (C=O) groups is 4. The molecule has 0 spiro atoms. The van der Waals surface area contributed by atoms with Crippen LogP contribution in [0.15, 0.2) is 18.2 Å². The van der Waals surface area contributed by atoms with Crippen LogP contribution in [0.3, 0.4) is 0 Å². The Kier molecular flexibility index (Phi) is 21.1. The van der Waals surface area contributed by atoms with Gasteiger partial charge in [0.05, 0.1) is 6.42 Å². The predicted molar refractivity (Wildman–Crippen MR) is 190 cm³/mol. The predicted octanol–water partition coefficient (Wildman–Crippen LogP) is 11.3. The highest BCUT2D eigenvalue weighted by Gasteiger charge is 2.32. The minimum atomic E-state index is -0.0622. The average molecular weight is 625 g/mol. The monoisotopic (exact) mass is 625 g/mol. The highest BCUT2D eigenvalue weighted by Crippen LogP contribution is 2.36. The number of hydrogen-bond donors (Lipinski definition) is 0. The summed E-state index contributed by atoms with van der Waals surface area (Å²) < 4.78 is 0. The second kappa shape index (κ2) is 23.3. The zero-order valence-corrected chi connectivity index (χ0v) is 30.5. The number of aryl methyl sites for hydroxylation is 1. The molecule has 4 nitrogen and oxygen atoms in total. The van der Waals surface area contributed by atoms with Crippen molar-refractivity contribution in [2.75, 3.05) is 0 Å². The summed E-state index contributed by atoms with van der Waals surface area (Å²) >= 11 is 0. The second-order valence-corrected chi connectivity index (χ2v) is 14.2. The SMILES string of the molecule is CC(=O)C1CCCCC1.CCC.CCC1CCCC1.CCCC(CC1CC(=O)c2c(C)cccc2C1)C(CC)C(=O)CC(C)=O. The van der Waals surface area contributed by atoms with E-state index >= 15 is 0 Å². The number of ketones is 4. The van der Waals surface area contributed by atoms with Crippen molar-refractivity contribution in [3.63, 3.8) is 0 Å². The molecule has 1 aromatic rings. The van der Waals surface area contributed by atoms with Crippen LogP contribution in [0.4, 0.5) is 0 Å². The fourth-order valence-corrected chi connectivity index (χ4v) is 7.62. The lowest BCUT2D eigenvalue weighted by atomic mass is 9.72. The first-order valence-electron chi connectivity index (χ1n) is 18.7.